The highest BCUT2D eigenvalue weighted by atomic mass is 127. The molecule has 3 rings (SSSR count). The maximum absolute atomic E-state index is 12.4. The number of nitrogens with zero attached hydrogens (tertiary/aromatic N) is 1. The molecule has 1 aromatic rings. The summed E-state index contributed by atoms with van der Waals surface area (Å²) in [5, 5.41) is 10.1. The average Bonchev–Trinajstić information content (AvgIpc) is 3.47. The fourth-order valence-corrected chi connectivity index (χ4v) is 4.94. The lowest BCUT2D eigenvalue weighted by molar-refractivity contribution is -0.119. The molecule has 0 aromatic heterocycles. The summed E-state index contributed by atoms with van der Waals surface area (Å²) in [6.07, 6.45) is 10.6. The van der Waals surface area contributed by atoms with E-state index in [1.807, 2.05) is 25.2 Å². The normalized spacial score (nSPS) is 18.2. The van der Waals surface area contributed by atoms with Crippen molar-refractivity contribution in [1.82, 2.24) is 10.6 Å². The van der Waals surface area contributed by atoms with Gasteiger partial charge in [-0.1, -0.05) is 37.8 Å². The van der Waals surface area contributed by atoms with Gasteiger partial charge in [0.15, 0.2) is 5.96 Å². The van der Waals surface area contributed by atoms with E-state index in [0.29, 0.717) is 12.0 Å². The van der Waals surface area contributed by atoms with Crippen LogP contribution in [-0.4, -0.2) is 38.7 Å². The first kappa shape index (κ1) is 26.9. The molecule has 0 unspecified atom stereocenters. The van der Waals surface area contributed by atoms with E-state index >= 15 is 0 Å². The Kier molecular flexibility index (Phi) is 11.8. The van der Waals surface area contributed by atoms with Gasteiger partial charge in [-0.2, -0.15) is 0 Å². The second kappa shape index (κ2) is 14.0. The van der Waals surface area contributed by atoms with Crippen LogP contribution in [0.2, 0.25) is 0 Å². The largest absolute Gasteiger partial charge is 0.382 e. The summed E-state index contributed by atoms with van der Waals surface area (Å²) in [4.78, 5) is 16.8. The van der Waals surface area contributed by atoms with Crippen molar-refractivity contribution in [3.63, 3.8) is 0 Å². The minimum Gasteiger partial charge on any atom is -0.382 e. The summed E-state index contributed by atoms with van der Waals surface area (Å²) in [5.41, 5.74) is 2.32. The minimum atomic E-state index is 0. The Morgan fingerprint density at radius 1 is 1.16 bits per heavy atom. The number of carbonyl (C=O) groups is 1. The van der Waals surface area contributed by atoms with Crippen molar-refractivity contribution >= 4 is 41.5 Å². The molecular weight excluding hydrogens is 515 g/mol. The topological polar surface area (TPSA) is 74.8 Å². The molecule has 1 aromatic carbocycles. The lowest BCUT2D eigenvalue weighted by Gasteiger charge is -2.30. The molecule has 2 aliphatic carbocycles. The summed E-state index contributed by atoms with van der Waals surface area (Å²) >= 11 is 0. The Morgan fingerprint density at radius 3 is 2.59 bits per heavy atom. The molecule has 180 valence electrons. The van der Waals surface area contributed by atoms with Crippen LogP contribution in [0, 0.1) is 11.3 Å². The summed E-state index contributed by atoms with van der Waals surface area (Å²) in [6.45, 7) is 5.27. The van der Waals surface area contributed by atoms with Crippen LogP contribution >= 0.6 is 24.0 Å². The van der Waals surface area contributed by atoms with Gasteiger partial charge >= 0.3 is 0 Å². The molecule has 2 saturated carbocycles. The van der Waals surface area contributed by atoms with Crippen molar-refractivity contribution in [3.8, 4) is 0 Å². The first-order valence-electron chi connectivity index (χ1n) is 12.1. The molecule has 6 nitrogen and oxygen atoms in total. The zero-order valence-corrected chi connectivity index (χ0v) is 22.1. The molecule has 3 N–H and O–H groups in total. The molecule has 0 radical (unpaired) electrons. The number of rotatable bonds is 10. The van der Waals surface area contributed by atoms with Crippen LogP contribution in [0.5, 0.6) is 0 Å². The standard InChI is InChI=1S/C25H40N4O2.HI/c1-3-31-16-15-25(13-6-7-14-25)19-28-24(26-2)27-18-20-9-8-12-22(17-20)29-23(30)21-10-4-5-11-21;/h8-9,12,17,21H,3-7,10-11,13-16,18-19H2,1-2H3,(H,29,30)(H2,26,27,28);1H. The van der Waals surface area contributed by atoms with E-state index in [4.69, 9.17) is 4.74 Å². The average molecular weight is 557 g/mol. The van der Waals surface area contributed by atoms with Gasteiger partial charge in [-0.3, -0.25) is 9.79 Å². The number of nitrogens with one attached hydrogen (secondary N) is 3. The van der Waals surface area contributed by atoms with Gasteiger partial charge in [-0.05, 0) is 62.1 Å². The van der Waals surface area contributed by atoms with Gasteiger partial charge in [-0.15, -0.1) is 24.0 Å². The first-order chi connectivity index (χ1) is 15.1. The Balaban J connectivity index is 0.00000363. The van der Waals surface area contributed by atoms with E-state index in [2.05, 4.69) is 33.9 Å². The molecule has 0 bridgehead atoms. The van der Waals surface area contributed by atoms with E-state index in [0.717, 1.165) is 56.2 Å². The highest BCUT2D eigenvalue weighted by molar-refractivity contribution is 14.0. The molecule has 0 heterocycles. The van der Waals surface area contributed by atoms with Crippen molar-refractivity contribution in [3.05, 3.63) is 29.8 Å². The highest BCUT2D eigenvalue weighted by Gasteiger charge is 2.33. The molecule has 0 aliphatic heterocycles. The van der Waals surface area contributed by atoms with E-state index < -0.39 is 0 Å². The van der Waals surface area contributed by atoms with Crippen molar-refractivity contribution in [1.29, 1.82) is 0 Å². The highest BCUT2D eigenvalue weighted by Crippen LogP contribution is 2.40. The van der Waals surface area contributed by atoms with Gasteiger partial charge in [0.1, 0.15) is 0 Å². The lowest BCUT2D eigenvalue weighted by atomic mass is 9.83. The number of benzene rings is 1. The number of aliphatic imine (C=N–C) groups is 1. The van der Waals surface area contributed by atoms with E-state index in [1.54, 1.807) is 0 Å². The van der Waals surface area contributed by atoms with E-state index in [9.17, 15) is 4.79 Å². The van der Waals surface area contributed by atoms with Crippen molar-refractivity contribution in [2.45, 2.75) is 71.3 Å². The Morgan fingerprint density at radius 2 is 1.91 bits per heavy atom. The second-order valence-electron chi connectivity index (χ2n) is 9.10. The summed E-state index contributed by atoms with van der Waals surface area (Å²) < 4.78 is 5.63. The Bertz CT molecular complexity index is 728. The van der Waals surface area contributed by atoms with Crippen LogP contribution in [0.4, 0.5) is 5.69 Å². The number of hydrogen-bond acceptors (Lipinski definition) is 3. The third kappa shape index (κ3) is 8.21. The lowest BCUT2D eigenvalue weighted by Crippen LogP contribution is -2.43. The molecule has 0 saturated heterocycles. The Hall–Kier alpha value is -1.35. The Labute approximate surface area is 210 Å². The molecule has 0 spiro atoms. The van der Waals surface area contributed by atoms with Gasteiger partial charge in [0.25, 0.3) is 0 Å². The monoisotopic (exact) mass is 556 g/mol. The number of guanidine groups is 1. The van der Waals surface area contributed by atoms with Crippen LogP contribution in [0.1, 0.15) is 70.3 Å². The number of carbonyl (C=O) groups excluding carboxylic acids is 1. The van der Waals surface area contributed by atoms with E-state index in [1.165, 1.54) is 38.5 Å². The molecule has 0 atom stereocenters. The molecule has 2 fully saturated rings. The predicted octanol–water partition coefficient (Wildman–Crippen LogP) is 5.09. The number of amides is 1. The summed E-state index contributed by atoms with van der Waals surface area (Å²) in [7, 11) is 1.81. The zero-order valence-electron chi connectivity index (χ0n) is 19.8. The van der Waals surface area contributed by atoms with Gasteiger partial charge in [0, 0.05) is 45.0 Å². The van der Waals surface area contributed by atoms with Crippen LogP contribution in [0.3, 0.4) is 0 Å². The maximum atomic E-state index is 12.4. The van der Waals surface area contributed by atoms with Crippen molar-refractivity contribution < 1.29 is 9.53 Å². The quantitative estimate of drug-likeness (QED) is 0.163. The molecule has 32 heavy (non-hydrogen) atoms. The molecule has 2 aliphatic rings. The fraction of sp³-hybridized carbons (Fsp3) is 0.680. The van der Waals surface area contributed by atoms with Crippen LogP contribution in [0.15, 0.2) is 29.3 Å². The first-order valence-corrected chi connectivity index (χ1v) is 12.1. The number of anilines is 1. The van der Waals surface area contributed by atoms with Crippen molar-refractivity contribution in [2.24, 2.45) is 16.3 Å². The van der Waals surface area contributed by atoms with Gasteiger partial charge in [0.05, 0.1) is 0 Å². The van der Waals surface area contributed by atoms with Gasteiger partial charge in [-0.25, -0.2) is 0 Å². The summed E-state index contributed by atoms with van der Waals surface area (Å²) in [6, 6.07) is 8.09. The van der Waals surface area contributed by atoms with E-state index in [-0.39, 0.29) is 35.8 Å². The minimum absolute atomic E-state index is 0. The summed E-state index contributed by atoms with van der Waals surface area (Å²) in [5.74, 6) is 1.16. The second-order valence-corrected chi connectivity index (χ2v) is 9.10. The molecular formula is C25H41IN4O2. The third-order valence-corrected chi connectivity index (χ3v) is 6.88. The maximum Gasteiger partial charge on any atom is 0.227 e. The SMILES string of the molecule is CCOCCC1(CNC(=NC)NCc2cccc(NC(=O)C3CCCC3)c2)CCCC1.I. The number of halogens is 1. The number of ether oxygens (including phenoxy) is 1. The van der Waals surface area contributed by atoms with Crippen LogP contribution in [0.25, 0.3) is 0 Å². The number of hydrogen-bond donors (Lipinski definition) is 3. The van der Waals surface area contributed by atoms with Crippen molar-refractivity contribution in [2.75, 3.05) is 32.1 Å². The van der Waals surface area contributed by atoms with Gasteiger partial charge < -0.3 is 20.7 Å². The van der Waals surface area contributed by atoms with Crippen LogP contribution in [-0.2, 0) is 16.1 Å². The zero-order chi connectivity index (χ0) is 21.9. The smallest absolute Gasteiger partial charge is 0.227 e. The third-order valence-electron chi connectivity index (χ3n) is 6.88. The molecule has 7 heteroatoms. The molecule has 1 amide bonds. The van der Waals surface area contributed by atoms with Crippen LogP contribution < -0.4 is 16.0 Å². The fourth-order valence-electron chi connectivity index (χ4n) is 4.94. The van der Waals surface area contributed by atoms with Gasteiger partial charge in [0.2, 0.25) is 5.91 Å². The predicted molar refractivity (Wildman–Crippen MR) is 143 cm³/mol.